The van der Waals surface area contributed by atoms with Gasteiger partial charge in [0.25, 0.3) is 5.91 Å². The molecule has 0 aromatic heterocycles. The van der Waals surface area contributed by atoms with Crippen LogP contribution in [-0.4, -0.2) is 12.0 Å². The van der Waals surface area contributed by atoms with E-state index in [4.69, 9.17) is 39.5 Å². The van der Waals surface area contributed by atoms with Crippen molar-refractivity contribution in [3.63, 3.8) is 0 Å². The first-order valence-corrected chi connectivity index (χ1v) is 8.14. The third-order valence-electron chi connectivity index (χ3n) is 3.28. The third-order valence-corrected chi connectivity index (χ3v) is 4.29. The topological polar surface area (TPSA) is 38.3 Å². The molecule has 0 aliphatic carbocycles. The van der Waals surface area contributed by atoms with Crippen LogP contribution in [0.1, 0.15) is 18.1 Å². The predicted octanol–water partition coefficient (Wildman–Crippen LogP) is 5.04. The number of benzene rings is 2. The zero-order chi connectivity index (χ0) is 17.0. The van der Waals surface area contributed by atoms with Crippen molar-refractivity contribution in [3.8, 4) is 5.75 Å². The molecule has 3 nitrogen and oxygen atoms in total. The molecular formula is C17H16Cl3NO2. The van der Waals surface area contributed by atoms with Gasteiger partial charge in [-0.25, -0.2) is 0 Å². The minimum absolute atomic E-state index is 0.233. The van der Waals surface area contributed by atoms with Gasteiger partial charge in [-0.05, 0) is 55.3 Å². The maximum Gasteiger partial charge on any atom is 0.261 e. The van der Waals surface area contributed by atoms with Gasteiger partial charge < -0.3 is 10.1 Å². The van der Waals surface area contributed by atoms with E-state index in [1.54, 1.807) is 43.3 Å². The molecule has 2 aromatic carbocycles. The summed E-state index contributed by atoms with van der Waals surface area (Å²) in [5, 5.41) is 4.52. The minimum atomic E-state index is -0.637. The van der Waals surface area contributed by atoms with E-state index in [9.17, 15) is 4.79 Å². The first-order valence-electron chi connectivity index (χ1n) is 7.01. The molecule has 23 heavy (non-hydrogen) atoms. The van der Waals surface area contributed by atoms with Crippen molar-refractivity contribution in [2.75, 3.05) is 0 Å². The van der Waals surface area contributed by atoms with E-state index >= 15 is 0 Å². The van der Waals surface area contributed by atoms with Gasteiger partial charge in [0.2, 0.25) is 0 Å². The lowest BCUT2D eigenvalue weighted by Gasteiger charge is -2.15. The maximum atomic E-state index is 12.1. The summed E-state index contributed by atoms with van der Waals surface area (Å²) in [6.45, 7) is 3.87. The Kier molecular flexibility index (Phi) is 6.17. The van der Waals surface area contributed by atoms with Gasteiger partial charge in [0, 0.05) is 21.6 Å². The fraction of sp³-hybridized carbons (Fsp3) is 0.235. The summed E-state index contributed by atoms with van der Waals surface area (Å²) in [4.78, 5) is 12.1. The Morgan fingerprint density at radius 2 is 1.87 bits per heavy atom. The number of hydrogen-bond acceptors (Lipinski definition) is 2. The van der Waals surface area contributed by atoms with E-state index < -0.39 is 6.10 Å². The van der Waals surface area contributed by atoms with Gasteiger partial charge in [0.05, 0.1) is 0 Å². The van der Waals surface area contributed by atoms with Crippen LogP contribution in [0.3, 0.4) is 0 Å². The van der Waals surface area contributed by atoms with Gasteiger partial charge in [-0.1, -0.05) is 40.9 Å². The molecule has 0 aliphatic rings. The second-order valence-electron chi connectivity index (χ2n) is 5.12. The lowest BCUT2D eigenvalue weighted by atomic mass is 10.2. The highest BCUT2D eigenvalue weighted by Gasteiger charge is 2.15. The highest BCUT2D eigenvalue weighted by atomic mass is 35.5. The lowest BCUT2D eigenvalue weighted by Crippen LogP contribution is -2.35. The van der Waals surface area contributed by atoms with Gasteiger partial charge in [0.1, 0.15) is 5.75 Å². The summed E-state index contributed by atoms with van der Waals surface area (Å²) in [6, 6.07) is 10.4. The van der Waals surface area contributed by atoms with Crippen LogP contribution in [0.2, 0.25) is 15.1 Å². The van der Waals surface area contributed by atoms with Crippen LogP contribution in [0.25, 0.3) is 0 Å². The number of aryl methyl sites for hydroxylation is 1. The molecule has 122 valence electrons. The molecule has 6 heteroatoms. The number of rotatable bonds is 5. The number of nitrogens with one attached hydrogen (secondary N) is 1. The Morgan fingerprint density at radius 1 is 1.13 bits per heavy atom. The number of hydrogen-bond donors (Lipinski definition) is 1. The number of halogens is 3. The van der Waals surface area contributed by atoms with Crippen molar-refractivity contribution < 1.29 is 9.53 Å². The average molecular weight is 373 g/mol. The lowest BCUT2D eigenvalue weighted by molar-refractivity contribution is -0.127. The van der Waals surface area contributed by atoms with E-state index in [0.717, 1.165) is 11.1 Å². The van der Waals surface area contributed by atoms with Crippen molar-refractivity contribution in [1.29, 1.82) is 0 Å². The van der Waals surface area contributed by atoms with E-state index in [0.29, 0.717) is 27.4 Å². The van der Waals surface area contributed by atoms with Crippen LogP contribution in [-0.2, 0) is 11.3 Å². The minimum Gasteiger partial charge on any atom is -0.481 e. The Hall–Kier alpha value is -1.42. The molecule has 0 spiro atoms. The molecule has 1 unspecified atom stereocenters. The van der Waals surface area contributed by atoms with Crippen LogP contribution < -0.4 is 10.1 Å². The Labute approximate surface area is 150 Å². The second kappa shape index (κ2) is 7.91. The molecule has 2 rings (SSSR count). The van der Waals surface area contributed by atoms with Crippen molar-refractivity contribution in [2.45, 2.75) is 26.5 Å². The van der Waals surface area contributed by atoms with Crippen LogP contribution in [0.15, 0.2) is 36.4 Å². The van der Waals surface area contributed by atoms with Crippen molar-refractivity contribution in [1.82, 2.24) is 5.32 Å². The molecule has 0 bridgehead atoms. The van der Waals surface area contributed by atoms with E-state index in [-0.39, 0.29) is 5.91 Å². The SMILES string of the molecule is Cc1cc(OC(C)C(=O)NCc2ccc(Cl)cc2Cl)ccc1Cl. The molecule has 0 saturated heterocycles. The van der Waals surface area contributed by atoms with E-state index in [1.807, 2.05) is 6.92 Å². The standard InChI is InChI=1S/C17H16Cl3NO2/c1-10-7-14(5-6-15(10)19)23-11(2)17(22)21-9-12-3-4-13(18)8-16(12)20/h3-8,11H,9H2,1-2H3,(H,21,22). The Morgan fingerprint density at radius 3 is 2.52 bits per heavy atom. The number of carbonyl (C=O) groups excluding carboxylic acids is 1. The van der Waals surface area contributed by atoms with Gasteiger partial charge in [-0.15, -0.1) is 0 Å². The molecule has 2 aromatic rings. The monoisotopic (exact) mass is 371 g/mol. The van der Waals surface area contributed by atoms with Crippen molar-refractivity contribution in [3.05, 3.63) is 62.6 Å². The Balaban J connectivity index is 1.93. The third kappa shape index (κ3) is 5.03. The summed E-state index contributed by atoms with van der Waals surface area (Å²) in [5.74, 6) is 0.364. The largest absolute Gasteiger partial charge is 0.481 e. The smallest absolute Gasteiger partial charge is 0.261 e. The van der Waals surface area contributed by atoms with Gasteiger partial charge in [-0.2, -0.15) is 0 Å². The number of carbonyl (C=O) groups is 1. The summed E-state index contributed by atoms with van der Waals surface area (Å²) in [5.41, 5.74) is 1.68. The fourth-order valence-corrected chi connectivity index (χ4v) is 2.53. The number of ether oxygens (including phenoxy) is 1. The van der Waals surface area contributed by atoms with Crippen LogP contribution in [0.5, 0.6) is 5.75 Å². The highest BCUT2D eigenvalue weighted by molar-refractivity contribution is 6.35. The molecule has 1 N–H and O–H groups in total. The molecule has 1 amide bonds. The molecule has 0 saturated carbocycles. The summed E-state index contributed by atoms with van der Waals surface area (Å²) < 4.78 is 5.62. The van der Waals surface area contributed by atoms with Gasteiger partial charge in [-0.3, -0.25) is 4.79 Å². The first-order chi connectivity index (χ1) is 10.9. The maximum absolute atomic E-state index is 12.1. The van der Waals surface area contributed by atoms with Crippen molar-refractivity contribution in [2.24, 2.45) is 0 Å². The zero-order valence-electron chi connectivity index (χ0n) is 12.7. The second-order valence-corrected chi connectivity index (χ2v) is 6.38. The average Bonchev–Trinajstić information content (AvgIpc) is 2.49. The summed E-state index contributed by atoms with van der Waals surface area (Å²) in [6.07, 6.45) is -0.637. The predicted molar refractivity (Wildman–Crippen MR) is 94.6 cm³/mol. The highest BCUT2D eigenvalue weighted by Crippen LogP contribution is 2.22. The van der Waals surface area contributed by atoms with Gasteiger partial charge >= 0.3 is 0 Å². The summed E-state index contributed by atoms with van der Waals surface area (Å²) >= 11 is 17.9. The van der Waals surface area contributed by atoms with Crippen LogP contribution in [0, 0.1) is 6.92 Å². The molecule has 0 fully saturated rings. The fourth-order valence-electron chi connectivity index (χ4n) is 1.94. The van der Waals surface area contributed by atoms with E-state index in [2.05, 4.69) is 5.32 Å². The van der Waals surface area contributed by atoms with E-state index in [1.165, 1.54) is 0 Å². The van der Waals surface area contributed by atoms with Crippen LogP contribution >= 0.6 is 34.8 Å². The Bertz CT molecular complexity index is 719. The normalized spacial score (nSPS) is 11.9. The molecule has 0 radical (unpaired) electrons. The quantitative estimate of drug-likeness (QED) is 0.798. The molecular weight excluding hydrogens is 357 g/mol. The van der Waals surface area contributed by atoms with Crippen molar-refractivity contribution >= 4 is 40.7 Å². The zero-order valence-corrected chi connectivity index (χ0v) is 15.0. The number of amides is 1. The van der Waals surface area contributed by atoms with Crippen LogP contribution in [0.4, 0.5) is 0 Å². The van der Waals surface area contributed by atoms with Gasteiger partial charge in [0.15, 0.2) is 6.10 Å². The molecule has 0 heterocycles. The molecule has 1 atom stereocenters. The molecule has 0 aliphatic heterocycles. The summed E-state index contributed by atoms with van der Waals surface area (Å²) in [7, 11) is 0. The first kappa shape index (κ1) is 17.9.